The molecule has 7 nitrogen and oxygen atoms in total. The molecule has 0 aliphatic rings. The molecule has 24 heavy (non-hydrogen) atoms. The van der Waals surface area contributed by atoms with Crippen molar-refractivity contribution in [1.82, 2.24) is 20.4 Å². The van der Waals surface area contributed by atoms with Gasteiger partial charge in [-0.1, -0.05) is 28.8 Å². The Morgan fingerprint density at radius 2 is 2.08 bits per heavy atom. The van der Waals surface area contributed by atoms with Crippen LogP contribution in [0.15, 0.2) is 46.9 Å². The van der Waals surface area contributed by atoms with E-state index >= 15 is 0 Å². The van der Waals surface area contributed by atoms with Gasteiger partial charge in [-0.15, -0.1) is 5.10 Å². The Kier molecular flexibility index (Phi) is 3.55. The van der Waals surface area contributed by atoms with Crippen molar-refractivity contribution < 1.29 is 4.42 Å². The van der Waals surface area contributed by atoms with Gasteiger partial charge in [0.1, 0.15) is 0 Å². The lowest BCUT2D eigenvalue weighted by Crippen LogP contribution is -1.99. The van der Waals surface area contributed by atoms with E-state index in [0.717, 1.165) is 22.0 Å². The topological polar surface area (TPSA) is 106 Å². The number of nitrogens with zero attached hydrogens (tertiary/aromatic N) is 3. The number of aromatic nitrogens is 4. The van der Waals surface area contributed by atoms with Gasteiger partial charge in [-0.05, 0) is 35.9 Å². The van der Waals surface area contributed by atoms with E-state index in [-0.39, 0.29) is 0 Å². The Labute approximate surface area is 141 Å². The Bertz CT molecular complexity index is 1010. The molecule has 0 radical (unpaired) electrons. The zero-order chi connectivity index (χ0) is 16.5. The van der Waals surface area contributed by atoms with Crippen molar-refractivity contribution in [2.75, 3.05) is 11.1 Å². The van der Waals surface area contributed by atoms with Crippen LogP contribution in [0.5, 0.6) is 0 Å². The van der Waals surface area contributed by atoms with Gasteiger partial charge in [0.2, 0.25) is 5.89 Å². The SMILES string of the molecule is Nc1n[nH]c2ccc(-c3nnc(NCc4cccc(Cl)c4)o3)cc12. The molecular weight excluding hydrogens is 328 g/mol. The van der Waals surface area contributed by atoms with Crippen molar-refractivity contribution in [2.45, 2.75) is 6.54 Å². The van der Waals surface area contributed by atoms with Crippen molar-refractivity contribution in [3.63, 3.8) is 0 Å². The fourth-order valence-corrected chi connectivity index (χ4v) is 2.62. The van der Waals surface area contributed by atoms with Crippen LogP contribution in [0, 0.1) is 0 Å². The van der Waals surface area contributed by atoms with Gasteiger partial charge < -0.3 is 15.5 Å². The molecule has 0 atom stereocenters. The van der Waals surface area contributed by atoms with Gasteiger partial charge in [0.25, 0.3) is 0 Å². The first kappa shape index (κ1) is 14.5. The van der Waals surface area contributed by atoms with Crippen molar-refractivity contribution in [3.05, 3.63) is 53.1 Å². The van der Waals surface area contributed by atoms with Gasteiger partial charge in [0.05, 0.1) is 5.52 Å². The quantitative estimate of drug-likeness (QED) is 0.525. The maximum Gasteiger partial charge on any atom is 0.316 e. The van der Waals surface area contributed by atoms with E-state index in [1.807, 2.05) is 42.5 Å². The molecule has 0 aliphatic carbocycles. The Morgan fingerprint density at radius 1 is 1.17 bits per heavy atom. The van der Waals surface area contributed by atoms with Crippen molar-refractivity contribution in [2.24, 2.45) is 0 Å². The largest absolute Gasteiger partial charge is 0.403 e. The molecule has 120 valence electrons. The number of aromatic amines is 1. The molecule has 4 N–H and O–H groups in total. The standard InChI is InChI=1S/C16H13ClN6O/c17-11-3-1-2-9(6-11)8-19-16-23-22-15(24-16)10-4-5-13-12(7-10)14(18)21-20-13/h1-7H,8H2,(H,19,23)(H3,18,20,21). The first-order valence-corrected chi connectivity index (χ1v) is 7.62. The number of rotatable bonds is 4. The number of H-pyrrole nitrogens is 1. The number of anilines is 2. The van der Waals surface area contributed by atoms with Gasteiger partial charge in [-0.2, -0.15) is 5.10 Å². The molecule has 2 aromatic heterocycles. The molecule has 0 saturated heterocycles. The normalized spacial score (nSPS) is 11.0. The molecular formula is C16H13ClN6O. The Balaban J connectivity index is 1.54. The zero-order valence-corrected chi connectivity index (χ0v) is 13.2. The van der Waals surface area contributed by atoms with E-state index in [1.165, 1.54) is 0 Å². The lowest BCUT2D eigenvalue weighted by molar-refractivity contribution is 0.581. The first-order valence-electron chi connectivity index (χ1n) is 7.25. The Hall–Kier alpha value is -3.06. The summed E-state index contributed by atoms with van der Waals surface area (Å²) in [5.41, 5.74) is 8.48. The summed E-state index contributed by atoms with van der Waals surface area (Å²) in [4.78, 5) is 0. The van der Waals surface area contributed by atoms with Crippen LogP contribution in [0.1, 0.15) is 5.56 Å². The van der Waals surface area contributed by atoms with Crippen LogP contribution >= 0.6 is 11.6 Å². The highest BCUT2D eigenvalue weighted by Gasteiger charge is 2.11. The number of nitrogens with one attached hydrogen (secondary N) is 2. The van der Waals surface area contributed by atoms with Crippen LogP contribution in [0.25, 0.3) is 22.4 Å². The number of fused-ring (bicyclic) bond motifs is 1. The molecule has 0 bridgehead atoms. The van der Waals surface area contributed by atoms with Gasteiger partial charge >= 0.3 is 6.01 Å². The number of halogens is 1. The molecule has 4 rings (SSSR count). The van der Waals surface area contributed by atoms with Crippen molar-refractivity contribution in [1.29, 1.82) is 0 Å². The van der Waals surface area contributed by atoms with E-state index in [4.69, 9.17) is 21.8 Å². The number of nitrogens with two attached hydrogens (primary N) is 1. The molecule has 0 fully saturated rings. The second-order valence-corrected chi connectivity index (χ2v) is 5.70. The highest BCUT2D eigenvalue weighted by molar-refractivity contribution is 6.30. The summed E-state index contributed by atoms with van der Waals surface area (Å²) in [6.45, 7) is 0.538. The first-order chi connectivity index (χ1) is 11.7. The highest BCUT2D eigenvalue weighted by atomic mass is 35.5. The van der Waals surface area contributed by atoms with E-state index in [2.05, 4.69) is 25.7 Å². The smallest absolute Gasteiger partial charge is 0.316 e. The van der Waals surface area contributed by atoms with Crippen molar-refractivity contribution in [3.8, 4) is 11.5 Å². The zero-order valence-electron chi connectivity index (χ0n) is 12.5. The minimum atomic E-state index is 0.338. The number of hydrogen-bond donors (Lipinski definition) is 3. The number of hydrogen-bond acceptors (Lipinski definition) is 6. The average Bonchev–Trinajstić information content (AvgIpc) is 3.20. The van der Waals surface area contributed by atoms with Crippen LogP contribution in [0.2, 0.25) is 5.02 Å². The summed E-state index contributed by atoms with van der Waals surface area (Å²) in [6.07, 6.45) is 0. The van der Waals surface area contributed by atoms with Gasteiger partial charge in [-0.3, -0.25) is 5.10 Å². The maximum atomic E-state index is 5.96. The maximum absolute atomic E-state index is 5.96. The average molecular weight is 341 g/mol. The molecule has 0 aliphatic heterocycles. The molecule has 4 aromatic rings. The molecule has 2 heterocycles. The summed E-state index contributed by atoms with van der Waals surface area (Å²) in [5, 5.41) is 19.5. The Morgan fingerprint density at radius 3 is 2.96 bits per heavy atom. The van der Waals surface area contributed by atoms with E-state index in [9.17, 15) is 0 Å². The van der Waals surface area contributed by atoms with E-state index in [0.29, 0.717) is 29.3 Å². The number of nitrogen functional groups attached to an aromatic ring is 1. The predicted octanol–water partition coefficient (Wildman–Crippen LogP) is 3.46. The molecule has 8 heteroatoms. The van der Waals surface area contributed by atoms with Crippen molar-refractivity contribution >= 4 is 34.3 Å². The summed E-state index contributed by atoms with van der Waals surface area (Å²) in [5.74, 6) is 0.844. The van der Waals surface area contributed by atoms with Crippen LogP contribution in [-0.4, -0.2) is 20.4 Å². The third kappa shape index (κ3) is 2.77. The van der Waals surface area contributed by atoms with Crippen LogP contribution in [0.4, 0.5) is 11.8 Å². The second kappa shape index (κ2) is 5.86. The summed E-state index contributed by atoms with van der Waals surface area (Å²) in [6, 6.07) is 13.5. The van der Waals surface area contributed by atoms with E-state index in [1.54, 1.807) is 0 Å². The summed E-state index contributed by atoms with van der Waals surface area (Å²) < 4.78 is 5.65. The third-order valence-corrected chi connectivity index (χ3v) is 3.83. The van der Waals surface area contributed by atoms with Gasteiger partial charge in [0, 0.05) is 22.5 Å². The monoisotopic (exact) mass is 340 g/mol. The third-order valence-electron chi connectivity index (χ3n) is 3.60. The van der Waals surface area contributed by atoms with Gasteiger partial charge in [0.15, 0.2) is 5.82 Å². The molecule has 0 saturated carbocycles. The molecule has 2 aromatic carbocycles. The summed E-state index contributed by atoms with van der Waals surface area (Å²) in [7, 11) is 0. The van der Waals surface area contributed by atoms with E-state index < -0.39 is 0 Å². The lowest BCUT2D eigenvalue weighted by Gasteiger charge is -2.01. The second-order valence-electron chi connectivity index (χ2n) is 5.27. The minimum absolute atomic E-state index is 0.338. The summed E-state index contributed by atoms with van der Waals surface area (Å²) >= 11 is 5.96. The van der Waals surface area contributed by atoms with Crippen LogP contribution < -0.4 is 11.1 Å². The fraction of sp³-hybridized carbons (Fsp3) is 0.0625. The lowest BCUT2D eigenvalue weighted by atomic mass is 10.1. The fourth-order valence-electron chi connectivity index (χ4n) is 2.40. The minimum Gasteiger partial charge on any atom is -0.403 e. The van der Waals surface area contributed by atoms with Crippen LogP contribution in [0.3, 0.4) is 0 Å². The van der Waals surface area contributed by atoms with Crippen LogP contribution in [-0.2, 0) is 6.54 Å². The molecule has 0 amide bonds. The van der Waals surface area contributed by atoms with Gasteiger partial charge in [-0.25, -0.2) is 0 Å². The molecule has 0 spiro atoms. The predicted molar refractivity (Wildman–Crippen MR) is 92.6 cm³/mol. The molecule has 0 unspecified atom stereocenters. The highest BCUT2D eigenvalue weighted by Crippen LogP contribution is 2.26. The number of benzene rings is 2.